The Hall–Kier alpha value is -1.15. The minimum atomic E-state index is -3.67. The van der Waals surface area contributed by atoms with E-state index < -0.39 is 10.0 Å². The summed E-state index contributed by atoms with van der Waals surface area (Å²) in [6, 6.07) is 4.24. The number of sulfonamides is 1. The maximum atomic E-state index is 12.3. The third-order valence-corrected chi connectivity index (χ3v) is 4.44. The first-order chi connectivity index (χ1) is 9.44. The fraction of sp³-hybridized carbons (Fsp3) is 0.538. The van der Waals surface area contributed by atoms with Crippen LogP contribution in [0, 0.1) is 0 Å². The van der Waals surface area contributed by atoms with Gasteiger partial charge in [-0.25, -0.2) is 13.1 Å². The van der Waals surface area contributed by atoms with Gasteiger partial charge in [-0.15, -0.1) is 0 Å². The number of hydrogen-bond acceptors (Lipinski definition) is 5. The number of nitrogens with one attached hydrogen (secondary N) is 1. The molecule has 7 heteroatoms. The van der Waals surface area contributed by atoms with E-state index in [1.54, 1.807) is 20.1 Å². The molecule has 2 N–H and O–H groups in total. The number of ether oxygens (including phenoxy) is 2. The van der Waals surface area contributed by atoms with E-state index in [1.807, 2.05) is 0 Å². The lowest BCUT2D eigenvalue weighted by Crippen LogP contribution is -2.33. The summed E-state index contributed by atoms with van der Waals surface area (Å²) in [5.41, 5.74) is 0.591. The second-order valence-electron chi connectivity index (χ2n) is 4.45. The predicted molar refractivity (Wildman–Crippen MR) is 75.2 cm³/mol. The van der Waals surface area contributed by atoms with Crippen LogP contribution in [0.1, 0.15) is 18.9 Å². The molecule has 0 radical (unpaired) electrons. The minimum Gasteiger partial charge on any atom is -0.495 e. The van der Waals surface area contributed by atoms with Crippen molar-refractivity contribution in [1.82, 2.24) is 4.72 Å². The second-order valence-corrected chi connectivity index (χ2v) is 6.13. The van der Waals surface area contributed by atoms with Crippen LogP contribution in [0.4, 0.5) is 0 Å². The van der Waals surface area contributed by atoms with E-state index in [4.69, 9.17) is 14.6 Å². The van der Waals surface area contributed by atoms with Gasteiger partial charge in [-0.2, -0.15) is 0 Å². The largest absolute Gasteiger partial charge is 0.495 e. The zero-order valence-electron chi connectivity index (χ0n) is 11.9. The van der Waals surface area contributed by atoms with Crippen LogP contribution in [0.15, 0.2) is 23.1 Å². The summed E-state index contributed by atoms with van der Waals surface area (Å²) >= 11 is 0. The summed E-state index contributed by atoms with van der Waals surface area (Å²) < 4.78 is 37.2. The summed E-state index contributed by atoms with van der Waals surface area (Å²) in [7, 11) is -0.710. The second kappa shape index (κ2) is 7.58. The van der Waals surface area contributed by atoms with E-state index in [-0.39, 0.29) is 23.3 Å². The molecule has 0 aliphatic heterocycles. The van der Waals surface area contributed by atoms with E-state index in [1.165, 1.54) is 19.2 Å². The van der Waals surface area contributed by atoms with Crippen LogP contribution in [0.3, 0.4) is 0 Å². The number of hydrogen-bond donors (Lipinski definition) is 2. The highest BCUT2D eigenvalue weighted by molar-refractivity contribution is 7.89. The standard InChI is InChI=1S/C13H21NO5S/c1-10(6-7-18-2)14-20(16,17)13-5-4-11(9-15)8-12(13)19-3/h4-5,8,10,14-15H,6-7,9H2,1-3H3. The molecule has 0 heterocycles. The zero-order chi connectivity index (χ0) is 15.2. The number of aliphatic hydroxyl groups excluding tert-OH is 1. The topological polar surface area (TPSA) is 84.9 Å². The van der Waals surface area contributed by atoms with Gasteiger partial charge in [0.15, 0.2) is 0 Å². The van der Waals surface area contributed by atoms with Crippen molar-refractivity contribution in [3.63, 3.8) is 0 Å². The van der Waals surface area contributed by atoms with Crippen molar-refractivity contribution >= 4 is 10.0 Å². The summed E-state index contributed by atoms with van der Waals surface area (Å²) in [5.74, 6) is 0.211. The van der Waals surface area contributed by atoms with Gasteiger partial charge in [0, 0.05) is 19.8 Å². The van der Waals surface area contributed by atoms with Crippen molar-refractivity contribution in [2.24, 2.45) is 0 Å². The third kappa shape index (κ3) is 4.45. The van der Waals surface area contributed by atoms with Crippen molar-refractivity contribution in [2.75, 3.05) is 20.8 Å². The van der Waals surface area contributed by atoms with E-state index in [9.17, 15) is 8.42 Å². The van der Waals surface area contributed by atoms with Crippen LogP contribution in [0.5, 0.6) is 5.75 Å². The molecule has 1 atom stereocenters. The van der Waals surface area contributed by atoms with E-state index in [0.717, 1.165) is 0 Å². The fourth-order valence-electron chi connectivity index (χ4n) is 1.71. The van der Waals surface area contributed by atoms with Crippen LogP contribution in [0.2, 0.25) is 0 Å². The van der Waals surface area contributed by atoms with E-state index >= 15 is 0 Å². The lowest BCUT2D eigenvalue weighted by atomic mass is 10.2. The van der Waals surface area contributed by atoms with Gasteiger partial charge in [0.25, 0.3) is 0 Å². The van der Waals surface area contributed by atoms with Crippen molar-refractivity contribution in [2.45, 2.75) is 30.9 Å². The maximum absolute atomic E-state index is 12.3. The smallest absolute Gasteiger partial charge is 0.244 e. The van der Waals surface area contributed by atoms with Crippen LogP contribution in [0.25, 0.3) is 0 Å². The number of methoxy groups -OCH3 is 2. The monoisotopic (exact) mass is 303 g/mol. The van der Waals surface area contributed by atoms with Gasteiger partial charge < -0.3 is 14.6 Å². The fourth-order valence-corrected chi connectivity index (χ4v) is 3.14. The van der Waals surface area contributed by atoms with Gasteiger partial charge in [0.2, 0.25) is 10.0 Å². The van der Waals surface area contributed by atoms with Crippen LogP contribution < -0.4 is 9.46 Å². The molecule has 6 nitrogen and oxygen atoms in total. The molecule has 0 aliphatic rings. The molecule has 0 spiro atoms. The quantitative estimate of drug-likeness (QED) is 0.745. The molecule has 0 aromatic heterocycles. The molecule has 1 rings (SSSR count). The highest BCUT2D eigenvalue weighted by Gasteiger charge is 2.21. The first-order valence-corrected chi connectivity index (χ1v) is 7.72. The van der Waals surface area contributed by atoms with Gasteiger partial charge in [0.1, 0.15) is 10.6 Å². The molecule has 0 saturated carbocycles. The zero-order valence-corrected chi connectivity index (χ0v) is 12.7. The average molecular weight is 303 g/mol. The molecule has 1 aromatic rings. The molecule has 1 unspecified atom stereocenters. The van der Waals surface area contributed by atoms with Crippen LogP contribution in [-0.4, -0.2) is 40.4 Å². The molecule has 20 heavy (non-hydrogen) atoms. The summed E-state index contributed by atoms with van der Waals surface area (Å²) in [5, 5.41) is 9.06. The normalized spacial score (nSPS) is 13.2. The van der Waals surface area contributed by atoms with E-state index in [2.05, 4.69) is 4.72 Å². The van der Waals surface area contributed by atoms with E-state index in [0.29, 0.717) is 18.6 Å². The molecule has 0 amide bonds. The Labute approximate surface area is 119 Å². The Kier molecular flexibility index (Phi) is 6.41. The van der Waals surface area contributed by atoms with Gasteiger partial charge in [0.05, 0.1) is 13.7 Å². The van der Waals surface area contributed by atoms with Crippen LogP contribution in [-0.2, 0) is 21.4 Å². The van der Waals surface area contributed by atoms with Crippen molar-refractivity contribution < 1.29 is 23.0 Å². The molecular weight excluding hydrogens is 282 g/mol. The molecule has 1 aromatic carbocycles. The number of rotatable bonds is 8. The highest BCUT2D eigenvalue weighted by Crippen LogP contribution is 2.25. The maximum Gasteiger partial charge on any atom is 0.244 e. The minimum absolute atomic E-state index is 0.0569. The molecule has 0 fully saturated rings. The van der Waals surface area contributed by atoms with Gasteiger partial charge in [-0.3, -0.25) is 0 Å². The van der Waals surface area contributed by atoms with Gasteiger partial charge >= 0.3 is 0 Å². The summed E-state index contributed by atoms with van der Waals surface area (Å²) in [6.45, 7) is 2.07. The van der Waals surface area contributed by atoms with Crippen LogP contribution >= 0.6 is 0 Å². The Morgan fingerprint density at radius 1 is 1.35 bits per heavy atom. The molecule has 0 bridgehead atoms. The third-order valence-electron chi connectivity index (χ3n) is 2.81. The van der Waals surface area contributed by atoms with Crippen molar-refractivity contribution in [3.05, 3.63) is 23.8 Å². The average Bonchev–Trinajstić information content (AvgIpc) is 2.43. The lowest BCUT2D eigenvalue weighted by molar-refractivity contribution is 0.188. The van der Waals surface area contributed by atoms with Gasteiger partial charge in [-0.1, -0.05) is 6.07 Å². The molecule has 0 aliphatic carbocycles. The first kappa shape index (κ1) is 16.9. The predicted octanol–water partition coefficient (Wildman–Crippen LogP) is 0.891. The summed E-state index contributed by atoms with van der Waals surface area (Å²) in [6.07, 6.45) is 0.576. The SMILES string of the molecule is COCCC(C)NS(=O)(=O)c1ccc(CO)cc1OC. The Balaban J connectivity index is 2.97. The van der Waals surface area contributed by atoms with Crippen molar-refractivity contribution in [1.29, 1.82) is 0 Å². The Morgan fingerprint density at radius 3 is 2.60 bits per heavy atom. The Morgan fingerprint density at radius 2 is 2.05 bits per heavy atom. The molecule has 0 saturated heterocycles. The lowest BCUT2D eigenvalue weighted by Gasteiger charge is -2.16. The highest BCUT2D eigenvalue weighted by atomic mass is 32.2. The Bertz CT molecular complexity index is 530. The number of benzene rings is 1. The first-order valence-electron chi connectivity index (χ1n) is 6.23. The van der Waals surface area contributed by atoms with Crippen molar-refractivity contribution in [3.8, 4) is 5.75 Å². The summed E-state index contributed by atoms with van der Waals surface area (Å²) in [4.78, 5) is 0.0569. The number of aliphatic hydroxyl groups is 1. The molecule has 114 valence electrons. The molecular formula is C13H21NO5S. The van der Waals surface area contributed by atoms with Gasteiger partial charge in [-0.05, 0) is 31.0 Å².